The number of thiophene rings is 1. The highest BCUT2D eigenvalue weighted by Gasteiger charge is 2.24. The summed E-state index contributed by atoms with van der Waals surface area (Å²) in [6.07, 6.45) is 2.24. The fourth-order valence-electron chi connectivity index (χ4n) is 2.89. The topological polar surface area (TPSA) is 121 Å². The second kappa shape index (κ2) is 10.1. The maximum Gasteiger partial charge on any atom is 0.252 e. The van der Waals surface area contributed by atoms with Crippen LogP contribution in [0.4, 0.5) is 11.6 Å². The minimum Gasteiger partial charge on any atom is -0.396 e. The first-order chi connectivity index (χ1) is 14.5. The molecule has 2 heterocycles. The zero-order chi connectivity index (χ0) is 21.6. The van der Waals surface area contributed by atoms with Crippen molar-refractivity contribution in [1.82, 2.24) is 14.3 Å². The van der Waals surface area contributed by atoms with Gasteiger partial charge in [-0.15, -0.1) is 11.3 Å². The fourth-order valence-corrected chi connectivity index (χ4v) is 5.78. The van der Waals surface area contributed by atoms with Crippen LogP contribution in [0.5, 0.6) is 0 Å². The van der Waals surface area contributed by atoms with Crippen LogP contribution in [0.3, 0.4) is 0 Å². The van der Waals surface area contributed by atoms with E-state index >= 15 is 0 Å². The third-order valence-electron chi connectivity index (χ3n) is 4.43. The summed E-state index contributed by atoms with van der Waals surface area (Å²) >= 11 is 1.17. The summed E-state index contributed by atoms with van der Waals surface area (Å²) in [4.78, 5) is 9.49. The molecule has 30 heavy (non-hydrogen) atoms. The molecule has 0 atom stereocenters. The van der Waals surface area contributed by atoms with Gasteiger partial charge in [-0.1, -0.05) is 19.1 Å². The van der Waals surface area contributed by atoms with Crippen LogP contribution in [-0.4, -0.2) is 54.0 Å². The summed E-state index contributed by atoms with van der Waals surface area (Å²) in [6, 6.07) is 12.8. The zero-order valence-electron chi connectivity index (χ0n) is 16.7. The minimum absolute atomic E-state index is 0.110. The quantitative estimate of drug-likeness (QED) is 0.436. The van der Waals surface area contributed by atoms with E-state index in [4.69, 9.17) is 10.8 Å². The van der Waals surface area contributed by atoms with Crippen molar-refractivity contribution in [3.63, 3.8) is 0 Å². The number of aliphatic hydroxyl groups is 1. The Balaban J connectivity index is 1.79. The Morgan fingerprint density at radius 1 is 1.17 bits per heavy atom. The Hall–Kier alpha value is -2.37. The smallest absolute Gasteiger partial charge is 0.252 e. The molecule has 10 heteroatoms. The van der Waals surface area contributed by atoms with Crippen molar-refractivity contribution in [3.05, 3.63) is 54.2 Å². The monoisotopic (exact) mass is 447 g/mol. The van der Waals surface area contributed by atoms with E-state index in [9.17, 15) is 8.42 Å². The molecule has 3 aromatic rings. The van der Waals surface area contributed by atoms with Crippen molar-refractivity contribution in [2.24, 2.45) is 5.73 Å². The van der Waals surface area contributed by atoms with Gasteiger partial charge < -0.3 is 16.2 Å². The van der Waals surface area contributed by atoms with Crippen molar-refractivity contribution in [3.8, 4) is 10.6 Å². The fraction of sp³-hybridized carbons (Fsp3) is 0.300. The molecule has 0 bridgehead atoms. The Bertz CT molecular complexity index is 1070. The number of nitrogens with one attached hydrogen (secondary N) is 1. The number of sulfonamides is 1. The Morgan fingerprint density at radius 2 is 1.93 bits per heavy atom. The van der Waals surface area contributed by atoms with Gasteiger partial charge in [-0.3, -0.25) is 0 Å². The summed E-state index contributed by atoms with van der Waals surface area (Å²) in [6.45, 7) is 2.82. The lowest BCUT2D eigenvalue weighted by Crippen LogP contribution is -2.34. The predicted octanol–water partition coefficient (Wildman–Crippen LogP) is 2.45. The molecule has 2 aromatic heterocycles. The van der Waals surface area contributed by atoms with Crippen LogP contribution < -0.4 is 11.1 Å². The lowest BCUT2D eigenvalue weighted by molar-refractivity contribution is 0.299. The second-order valence-corrected chi connectivity index (χ2v) is 9.71. The second-order valence-electron chi connectivity index (χ2n) is 6.47. The molecule has 0 spiro atoms. The van der Waals surface area contributed by atoms with Gasteiger partial charge in [0.1, 0.15) is 4.21 Å². The number of rotatable bonds is 10. The molecular formula is C20H25N5O3S2. The SMILES string of the molecule is CCN(CCN)S(=O)(=O)c1ccc(-c2ccnc(Nc3ccc(CCO)cc3)n2)s1. The van der Waals surface area contributed by atoms with Gasteiger partial charge in [0.25, 0.3) is 10.0 Å². The molecule has 0 aliphatic rings. The molecule has 0 saturated heterocycles. The number of aromatic nitrogens is 2. The van der Waals surface area contributed by atoms with Crippen LogP contribution in [0.25, 0.3) is 10.6 Å². The summed E-state index contributed by atoms with van der Waals surface area (Å²) in [5.41, 5.74) is 8.04. The van der Waals surface area contributed by atoms with Crippen LogP contribution >= 0.6 is 11.3 Å². The molecule has 0 aliphatic heterocycles. The van der Waals surface area contributed by atoms with Gasteiger partial charge in [0, 0.05) is 38.1 Å². The highest BCUT2D eigenvalue weighted by molar-refractivity contribution is 7.91. The number of anilines is 2. The molecule has 0 unspecified atom stereocenters. The van der Waals surface area contributed by atoms with E-state index in [1.807, 2.05) is 24.3 Å². The van der Waals surface area contributed by atoms with E-state index in [0.717, 1.165) is 16.1 Å². The molecule has 3 rings (SSSR count). The van der Waals surface area contributed by atoms with Crippen LogP contribution in [-0.2, 0) is 16.4 Å². The van der Waals surface area contributed by atoms with Crippen molar-refractivity contribution in [2.75, 3.05) is 31.6 Å². The molecule has 4 N–H and O–H groups in total. The summed E-state index contributed by atoms with van der Waals surface area (Å²) in [7, 11) is -3.57. The Kier molecular flexibility index (Phi) is 7.51. The highest BCUT2D eigenvalue weighted by Crippen LogP contribution is 2.31. The maximum absolute atomic E-state index is 12.8. The molecule has 0 saturated carbocycles. The summed E-state index contributed by atoms with van der Waals surface area (Å²) < 4.78 is 27.2. The molecule has 1 aromatic carbocycles. The summed E-state index contributed by atoms with van der Waals surface area (Å²) in [5.74, 6) is 0.415. The van der Waals surface area contributed by atoms with Crippen molar-refractivity contribution < 1.29 is 13.5 Å². The van der Waals surface area contributed by atoms with E-state index in [-0.39, 0.29) is 23.9 Å². The Morgan fingerprint density at radius 3 is 2.60 bits per heavy atom. The van der Waals surface area contributed by atoms with Gasteiger partial charge in [0.05, 0.1) is 10.6 Å². The van der Waals surface area contributed by atoms with Gasteiger partial charge in [-0.25, -0.2) is 18.4 Å². The maximum atomic E-state index is 12.8. The first kappa shape index (κ1) is 22.3. The van der Waals surface area contributed by atoms with E-state index in [1.54, 1.807) is 31.3 Å². The van der Waals surface area contributed by atoms with Gasteiger partial charge in [-0.2, -0.15) is 4.31 Å². The number of nitrogens with zero attached hydrogens (tertiary/aromatic N) is 3. The average Bonchev–Trinajstić information content (AvgIpc) is 3.25. The average molecular weight is 448 g/mol. The first-order valence-electron chi connectivity index (χ1n) is 9.58. The highest BCUT2D eigenvalue weighted by atomic mass is 32.2. The summed E-state index contributed by atoms with van der Waals surface area (Å²) in [5, 5.41) is 12.1. The standard InChI is InChI=1S/C20H25N5O3S2/c1-2-25(13-11-21)30(27,28)19-8-7-18(29-19)17-9-12-22-20(24-17)23-16-5-3-15(4-6-16)10-14-26/h3-9,12,26H,2,10-11,13-14,21H2,1H3,(H,22,23,24). The number of aliphatic hydroxyl groups excluding tert-OH is 1. The van der Waals surface area contributed by atoms with Crippen molar-refractivity contribution >= 4 is 33.0 Å². The molecule has 8 nitrogen and oxygen atoms in total. The number of hydrogen-bond donors (Lipinski definition) is 3. The van der Waals surface area contributed by atoms with E-state index < -0.39 is 10.0 Å². The van der Waals surface area contributed by atoms with Crippen LogP contribution in [0.1, 0.15) is 12.5 Å². The van der Waals surface area contributed by atoms with Gasteiger partial charge in [-0.05, 0) is 42.3 Å². The first-order valence-corrected chi connectivity index (χ1v) is 11.8. The van der Waals surface area contributed by atoms with E-state index in [1.165, 1.54) is 15.6 Å². The normalized spacial score (nSPS) is 11.7. The number of benzene rings is 1. The van der Waals surface area contributed by atoms with E-state index in [2.05, 4.69) is 15.3 Å². The minimum atomic E-state index is -3.57. The largest absolute Gasteiger partial charge is 0.396 e. The zero-order valence-corrected chi connectivity index (χ0v) is 18.3. The molecule has 0 amide bonds. The van der Waals surface area contributed by atoms with Crippen LogP contribution in [0.15, 0.2) is 52.9 Å². The predicted molar refractivity (Wildman–Crippen MR) is 119 cm³/mol. The number of hydrogen-bond acceptors (Lipinski definition) is 8. The molecule has 0 aliphatic carbocycles. The van der Waals surface area contributed by atoms with Crippen LogP contribution in [0, 0.1) is 0 Å². The Labute approximate surface area is 180 Å². The lowest BCUT2D eigenvalue weighted by Gasteiger charge is -2.18. The van der Waals surface area contributed by atoms with Crippen LogP contribution in [0.2, 0.25) is 0 Å². The van der Waals surface area contributed by atoms with Gasteiger partial charge in [0.15, 0.2) is 0 Å². The van der Waals surface area contributed by atoms with E-state index in [0.29, 0.717) is 24.6 Å². The third kappa shape index (κ3) is 5.21. The van der Waals surface area contributed by atoms with Crippen molar-refractivity contribution in [2.45, 2.75) is 17.6 Å². The number of likely N-dealkylation sites (N-methyl/N-ethyl adjacent to an activating group) is 1. The van der Waals surface area contributed by atoms with Gasteiger partial charge >= 0.3 is 0 Å². The van der Waals surface area contributed by atoms with Crippen molar-refractivity contribution in [1.29, 1.82) is 0 Å². The number of nitrogens with two attached hydrogens (primary N) is 1. The molecule has 0 fully saturated rings. The third-order valence-corrected chi connectivity index (χ3v) is 7.97. The molecule has 160 valence electrons. The molecular weight excluding hydrogens is 422 g/mol. The van der Waals surface area contributed by atoms with Gasteiger partial charge in [0.2, 0.25) is 5.95 Å². The molecule has 0 radical (unpaired) electrons. The lowest BCUT2D eigenvalue weighted by atomic mass is 10.1.